The number of carbonyl (C=O) groups is 1. The van der Waals surface area contributed by atoms with Gasteiger partial charge < -0.3 is 5.73 Å². The maximum absolute atomic E-state index is 11.2. The number of amides is 1. The molecule has 1 aliphatic rings. The van der Waals surface area contributed by atoms with Crippen molar-refractivity contribution in [3.05, 3.63) is 39.9 Å². The van der Waals surface area contributed by atoms with Crippen LogP contribution in [0.15, 0.2) is 24.3 Å². The summed E-state index contributed by atoms with van der Waals surface area (Å²) in [5.41, 5.74) is 6.17. The van der Waals surface area contributed by atoms with E-state index in [1.165, 1.54) is 12.1 Å². The Balaban J connectivity index is 2.29. The van der Waals surface area contributed by atoms with Crippen LogP contribution in [0.25, 0.3) is 0 Å². The highest BCUT2D eigenvalue weighted by atomic mass is 16.6. The summed E-state index contributed by atoms with van der Waals surface area (Å²) in [5.74, 6) is -0.551. The molecule has 90 valence electrons. The van der Waals surface area contributed by atoms with Gasteiger partial charge in [0, 0.05) is 23.5 Å². The SMILES string of the molecule is CC(C(N)=O)C1(c2ccc([N+](=O)[O-])cc2)CC1. The third kappa shape index (κ3) is 1.88. The molecule has 0 saturated heterocycles. The average Bonchev–Trinajstić information content (AvgIpc) is 3.09. The fraction of sp³-hybridized carbons (Fsp3) is 0.417. The Morgan fingerprint density at radius 2 is 1.94 bits per heavy atom. The standard InChI is InChI=1S/C12H14N2O3/c1-8(11(13)15)12(6-7-12)9-2-4-10(5-3-9)14(16)17/h2-5,8H,6-7H2,1H3,(H2,13,15). The Bertz CT molecular complexity index is 463. The largest absolute Gasteiger partial charge is 0.369 e. The highest BCUT2D eigenvalue weighted by Gasteiger charge is 2.50. The molecule has 0 heterocycles. The number of nitrogens with zero attached hydrogens (tertiary/aromatic N) is 1. The molecule has 1 aromatic carbocycles. The van der Waals surface area contributed by atoms with Crippen molar-refractivity contribution in [3.8, 4) is 0 Å². The Morgan fingerprint density at radius 1 is 1.41 bits per heavy atom. The van der Waals surface area contributed by atoms with E-state index in [2.05, 4.69) is 0 Å². The van der Waals surface area contributed by atoms with Gasteiger partial charge in [-0.2, -0.15) is 0 Å². The molecule has 1 saturated carbocycles. The number of non-ortho nitro benzene ring substituents is 1. The first kappa shape index (κ1) is 11.6. The van der Waals surface area contributed by atoms with Gasteiger partial charge in [-0.15, -0.1) is 0 Å². The van der Waals surface area contributed by atoms with Crippen LogP contribution in [0.5, 0.6) is 0 Å². The van der Waals surface area contributed by atoms with Gasteiger partial charge in [0.2, 0.25) is 5.91 Å². The van der Waals surface area contributed by atoms with Crippen molar-refractivity contribution in [3.63, 3.8) is 0 Å². The molecule has 17 heavy (non-hydrogen) atoms. The number of hydrogen-bond acceptors (Lipinski definition) is 3. The number of hydrogen-bond donors (Lipinski definition) is 1. The third-order valence-electron chi connectivity index (χ3n) is 3.70. The second-order valence-electron chi connectivity index (χ2n) is 4.58. The van der Waals surface area contributed by atoms with Crippen molar-refractivity contribution in [2.24, 2.45) is 11.7 Å². The highest BCUT2D eigenvalue weighted by molar-refractivity contribution is 5.79. The van der Waals surface area contributed by atoms with Gasteiger partial charge in [0.1, 0.15) is 0 Å². The van der Waals surface area contributed by atoms with E-state index in [-0.39, 0.29) is 22.9 Å². The lowest BCUT2D eigenvalue weighted by Crippen LogP contribution is -2.31. The molecule has 1 unspecified atom stereocenters. The predicted octanol–water partition coefficient (Wildman–Crippen LogP) is 1.75. The smallest absolute Gasteiger partial charge is 0.269 e. The van der Waals surface area contributed by atoms with Crippen LogP contribution in [0.2, 0.25) is 0 Å². The summed E-state index contributed by atoms with van der Waals surface area (Å²) in [6.45, 7) is 1.82. The van der Waals surface area contributed by atoms with Gasteiger partial charge in [-0.1, -0.05) is 19.1 Å². The summed E-state index contributed by atoms with van der Waals surface area (Å²) in [6, 6.07) is 6.40. The van der Waals surface area contributed by atoms with E-state index in [0.29, 0.717) is 0 Å². The maximum Gasteiger partial charge on any atom is 0.269 e. The van der Waals surface area contributed by atoms with Crippen molar-refractivity contribution in [1.29, 1.82) is 0 Å². The summed E-state index contributed by atoms with van der Waals surface area (Å²) < 4.78 is 0. The molecule has 2 rings (SSSR count). The van der Waals surface area contributed by atoms with Crippen LogP contribution in [0.1, 0.15) is 25.3 Å². The minimum Gasteiger partial charge on any atom is -0.369 e. The summed E-state index contributed by atoms with van der Waals surface area (Å²) in [6.07, 6.45) is 1.82. The number of benzene rings is 1. The van der Waals surface area contributed by atoms with E-state index in [4.69, 9.17) is 5.73 Å². The monoisotopic (exact) mass is 234 g/mol. The van der Waals surface area contributed by atoms with Crippen molar-refractivity contribution in [2.75, 3.05) is 0 Å². The van der Waals surface area contributed by atoms with Crippen LogP contribution in [0.4, 0.5) is 5.69 Å². The van der Waals surface area contributed by atoms with E-state index in [0.717, 1.165) is 18.4 Å². The van der Waals surface area contributed by atoms with Crippen LogP contribution < -0.4 is 5.73 Å². The third-order valence-corrected chi connectivity index (χ3v) is 3.70. The summed E-state index contributed by atoms with van der Waals surface area (Å²) in [5, 5.41) is 10.6. The molecule has 5 nitrogen and oxygen atoms in total. The molecule has 0 aliphatic heterocycles. The van der Waals surface area contributed by atoms with Gasteiger partial charge >= 0.3 is 0 Å². The lowest BCUT2D eigenvalue weighted by molar-refractivity contribution is -0.384. The minimum absolute atomic E-state index is 0.0660. The van der Waals surface area contributed by atoms with Crippen LogP contribution in [0.3, 0.4) is 0 Å². The minimum atomic E-state index is -0.430. The van der Waals surface area contributed by atoms with Gasteiger partial charge in [-0.3, -0.25) is 14.9 Å². The van der Waals surface area contributed by atoms with Crippen LogP contribution in [0, 0.1) is 16.0 Å². The molecule has 0 bridgehead atoms. The molecule has 0 spiro atoms. The Hall–Kier alpha value is -1.91. The number of nitro benzene ring substituents is 1. The lowest BCUT2D eigenvalue weighted by atomic mass is 9.83. The highest BCUT2D eigenvalue weighted by Crippen LogP contribution is 2.53. The number of nitro groups is 1. The zero-order chi connectivity index (χ0) is 12.6. The summed E-state index contributed by atoms with van der Waals surface area (Å²) in [4.78, 5) is 21.4. The second-order valence-corrected chi connectivity index (χ2v) is 4.58. The molecule has 1 amide bonds. The first-order valence-electron chi connectivity index (χ1n) is 5.51. The lowest BCUT2D eigenvalue weighted by Gasteiger charge is -2.20. The topological polar surface area (TPSA) is 86.2 Å². The van der Waals surface area contributed by atoms with Crippen LogP contribution in [-0.4, -0.2) is 10.8 Å². The van der Waals surface area contributed by atoms with Crippen molar-refractivity contribution >= 4 is 11.6 Å². The predicted molar refractivity (Wildman–Crippen MR) is 62.4 cm³/mol. The molecule has 2 N–H and O–H groups in total. The number of primary amides is 1. The summed E-state index contributed by atoms with van der Waals surface area (Å²) >= 11 is 0. The zero-order valence-electron chi connectivity index (χ0n) is 9.55. The van der Waals surface area contributed by atoms with Gasteiger partial charge in [0.15, 0.2) is 0 Å². The first-order valence-corrected chi connectivity index (χ1v) is 5.51. The van der Waals surface area contributed by atoms with Gasteiger partial charge in [0.05, 0.1) is 4.92 Å². The molecule has 1 aliphatic carbocycles. The maximum atomic E-state index is 11.2. The van der Waals surface area contributed by atoms with E-state index >= 15 is 0 Å². The van der Waals surface area contributed by atoms with Crippen LogP contribution >= 0.6 is 0 Å². The fourth-order valence-corrected chi connectivity index (χ4v) is 2.29. The molecule has 1 aromatic rings. The number of nitrogens with two attached hydrogens (primary N) is 1. The summed E-state index contributed by atoms with van der Waals surface area (Å²) in [7, 11) is 0. The normalized spacial score (nSPS) is 18.4. The Morgan fingerprint density at radius 3 is 2.29 bits per heavy atom. The molecule has 1 fully saturated rings. The van der Waals surface area contributed by atoms with Gasteiger partial charge in [-0.25, -0.2) is 0 Å². The number of carbonyl (C=O) groups excluding carboxylic acids is 1. The van der Waals surface area contributed by atoms with Gasteiger partial charge in [-0.05, 0) is 18.4 Å². The molecular weight excluding hydrogens is 220 g/mol. The van der Waals surface area contributed by atoms with Crippen molar-refractivity contribution in [2.45, 2.75) is 25.2 Å². The van der Waals surface area contributed by atoms with Crippen molar-refractivity contribution in [1.82, 2.24) is 0 Å². The zero-order valence-corrected chi connectivity index (χ0v) is 9.55. The first-order chi connectivity index (χ1) is 7.97. The Labute approximate surface area is 98.8 Å². The van der Waals surface area contributed by atoms with E-state index < -0.39 is 4.92 Å². The second kappa shape index (κ2) is 3.84. The number of rotatable bonds is 4. The van der Waals surface area contributed by atoms with E-state index in [1.807, 2.05) is 6.92 Å². The quantitative estimate of drug-likeness (QED) is 0.636. The molecule has 1 atom stereocenters. The van der Waals surface area contributed by atoms with E-state index in [9.17, 15) is 14.9 Å². The molecule has 5 heteroatoms. The fourth-order valence-electron chi connectivity index (χ4n) is 2.29. The average molecular weight is 234 g/mol. The Kier molecular flexibility index (Phi) is 2.61. The van der Waals surface area contributed by atoms with Gasteiger partial charge in [0.25, 0.3) is 5.69 Å². The molecular formula is C12H14N2O3. The van der Waals surface area contributed by atoms with E-state index in [1.54, 1.807) is 12.1 Å². The van der Waals surface area contributed by atoms with Crippen LogP contribution in [-0.2, 0) is 10.2 Å². The van der Waals surface area contributed by atoms with Crippen molar-refractivity contribution < 1.29 is 9.72 Å². The molecule has 0 aromatic heterocycles. The molecule has 0 radical (unpaired) electrons.